The predicted molar refractivity (Wildman–Crippen MR) is 104 cm³/mol. The number of ketones is 1. The average molecular weight is 397 g/mol. The van der Waals surface area contributed by atoms with E-state index in [1.54, 1.807) is 54.6 Å². The molecule has 2 heterocycles. The van der Waals surface area contributed by atoms with Crippen LogP contribution >= 0.6 is 11.6 Å². The summed E-state index contributed by atoms with van der Waals surface area (Å²) in [5.74, 6) is -0.292. The lowest BCUT2D eigenvalue weighted by molar-refractivity contribution is 0.104. The molecule has 0 unspecified atom stereocenters. The lowest BCUT2D eigenvalue weighted by Crippen LogP contribution is -2.29. The van der Waals surface area contributed by atoms with Crippen molar-refractivity contribution in [3.05, 3.63) is 94.8 Å². The minimum Gasteiger partial charge on any atom is -0.287 e. The monoisotopic (exact) mass is 396 g/mol. The third-order valence-corrected chi connectivity index (χ3v) is 6.10. The number of allylic oxidation sites excluding steroid dienone is 1. The Morgan fingerprint density at radius 3 is 2.33 bits per heavy atom. The molecule has 0 fully saturated rings. The number of nitrogens with zero attached hydrogens (tertiary/aromatic N) is 2. The second kappa shape index (κ2) is 6.64. The molecule has 0 spiro atoms. The standard InChI is InChI=1S/C20H13ClN2O3S/c21-15-10-8-14(9-11-15)13-18-19(24)17-7-4-12-22-20(17)23(18)27(25,26)16-5-2-1-3-6-16/h1-13H/b18-13+. The maximum absolute atomic E-state index is 13.3. The second-order valence-corrected chi connectivity index (χ2v) is 8.09. The molecule has 4 rings (SSSR count). The Morgan fingerprint density at radius 2 is 1.63 bits per heavy atom. The molecule has 0 saturated carbocycles. The third-order valence-electron chi connectivity index (χ3n) is 4.13. The summed E-state index contributed by atoms with van der Waals surface area (Å²) in [7, 11) is -4.01. The van der Waals surface area contributed by atoms with Crippen molar-refractivity contribution in [1.29, 1.82) is 0 Å². The van der Waals surface area contributed by atoms with Gasteiger partial charge in [0.15, 0.2) is 5.82 Å². The van der Waals surface area contributed by atoms with Gasteiger partial charge < -0.3 is 0 Å². The lowest BCUT2D eigenvalue weighted by atomic mass is 10.1. The number of hydrogen-bond donors (Lipinski definition) is 0. The fourth-order valence-corrected chi connectivity index (χ4v) is 4.47. The molecule has 0 atom stereocenters. The van der Waals surface area contributed by atoms with Crippen molar-refractivity contribution < 1.29 is 13.2 Å². The van der Waals surface area contributed by atoms with Crippen LogP contribution in [-0.4, -0.2) is 19.2 Å². The summed E-state index contributed by atoms with van der Waals surface area (Å²) in [6.45, 7) is 0. The zero-order chi connectivity index (χ0) is 19.0. The quantitative estimate of drug-likeness (QED) is 0.623. The minimum atomic E-state index is -4.01. The summed E-state index contributed by atoms with van der Waals surface area (Å²) in [6.07, 6.45) is 2.99. The van der Waals surface area contributed by atoms with Crippen LogP contribution in [0.15, 0.2) is 83.5 Å². The van der Waals surface area contributed by atoms with E-state index in [0.29, 0.717) is 10.6 Å². The van der Waals surface area contributed by atoms with Crippen molar-refractivity contribution in [2.45, 2.75) is 4.90 Å². The van der Waals surface area contributed by atoms with Gasteiger partial charge in [-0.15, -0.1) is 0 Å². The average Bonchev–Trinajstić information content (AvgIpc) is 2.97. The van der Waals surface area contributed by atoms with Gasteiger partial charge in [-0.3, -0.25) is 4.79 Å². The Bertz CT molecular complexity index is 1160. The highest BCUT2D eigenvalue weighted by Crippen LogP contribution is 2.38. The lowest BCUT2D eigenvalue weighted by Gasteiger charge is -2.19. The molecule has 0 saturated heterocycles. The van der Waals surface area contributed by atoms with Gasteiger partial charge in [0.1, 0.15) is 5.70 Å². The van der Waals surface area contributed by atoms with E-state index in [0.717, 1.165) is 4.31 Å². The van der Waals surface area contributed by atoms with Crippen molar-refractivity contribution >= 4 is 39.3 Å². The number of carbonyl (C=O) groups is 1. The summed E-state index contributed by atoms with van der Waals surface area (Å²) in [5, 5.41) is 0.550. The molecule has 0 N–H and O–H groups in total. The van der Waals surface area contributed by atoms with Gasteiger partial charge in [0.05, 0.1) is 10.5 Å². The van der Waals surface area contributed by atoms with Crippen molar-refractivity contribution in [1.82, 2.24) is 4.98 Å². The smallest absolute Gasteiger partial charge is 0.270 e. The molecular formula is C20H13ClN2O3S. The summed E-state index contributed by atoms with van der Waals surface area (Å²) < 4.78 is 27.5. The van der Waals surface area contributed by atoms with E-state index in [1.165, 1.54) is 24.4 Å². The summed E-state index contributed by atoms with van der Waals surface area (Å²) in [4.78, 5) is 17.2. The molecule has 0 aliphatic carbocycles. The zero-order valence-corrected chi connectivity index (χ0v) is 15.5. The second-order valence-electron chi connectivity index (χ2n) is 5.87. The number of Topliss-reactive ketones (excluding diaryl/α,β-unsaturated/α-hetero) is 1. The number of carbonyl (C=O) groups excluding carboxylic acids is 1. The molecule has 7 heteroatoms. The molecule has 1 aliphatic rings. The maximum atomic E-state index is 13.3. The van der Waals surface area contributed by atoms with Gasteiger partial charge >= 0.3 is 0 Å². The topological polar surface area (TPSA) is 67.3 Å². The number of halogens is 1. The van der Waals surface area contributed by atoms with Gasteiger partial charge in [0.2, 0.25) is 5.78 Å². The molecule has 2 aromatic carbocycles. The summed E-state index contributed by atoms with van der Waals surface area (Å²) >= 11 is 5.91. The van der Waals surface area contributed by atoms with Crippen LogP contribution < -0.4 is 4.31 Å². The third kappa shape index (κ3) is 3.03. The fraction of sp³-hybridized carbons (Fsp3) is 0. The van der Waals surface area contributed by atoms with Crippen molar-refractivity contribution in [2.75, 3.05) is 4.31 Å². The van der Waals surface area contributed by atoms with E-state index in [4.69, 9.17) is 11.6 Å². The first-order valence-corrected chi connectivity index (χ1v) is 9.87. The van der Waals surface area contributed by atoms with Gasteiger partial charge in [-0.1, -0.05) is 41.9 Å². The number of rotatable bonds is 3. The molecule has 3 aromatic rings. The van der Waals surface area contributed by atoms with E-state index in [-0.39, 0.29) is 22.0 Å². The molecular weight excluding hydrogens is 384 g/mol. The molecule has 134 valence electrons. The van der Waals surface area contributed by atoms with Crippen LogP contribution in [0.1, 0.15) is 15.9 Å². The molecule has 0 amide bonds. The van der Waals surface area contributed by atoms with Crippen molar-refractivity contribution in [3.63, 3.8) is 0 Å². The molecule has 0 radical (unpaired) electrons. The highest BCUT2D eigenvalue weighted by molar-refractivity contribution is 7.93. The summed E-state index contributed by atoms with van der Waals surface area (Å²) in [5.41, 5.74) is 0.927. The van der Waals surface area contributed by atoms with Crippen LogP contribution in [0, 0.1) is 0 Å². The fourth-order valence-electron chi connectivity index (χ4n) is 2.86. The number of fused-ring (bicyclic) bond motifs is 1. The molecule has 1 aromatic heterocycles. The van der Waals surface area contributed by atoms with E-state index in [1.807, 2.05) is 0 Å². The van der Waals surface area contributed by atoms with Gasteiger partial charge in [0.25, 0.3) is 10.0 Å². The highest BCUT2D eigenvalue weighted by atomic mass is 35.5. The predicted octanol–water partition coefficient (Wildman–Crippen LogP) is 4.17. The van der Waals surface area contributed by atoms with E-state index >= 15 is 0 Å². The zero-order valence-electron chi connectivity index (χ0n) is 13.9. The molecule has 0 bridgehead atoms. The number of benzene rings is 2. The van der Waals surface area contributed by atoms with Crippen molar-refractivity contribution in [3.8, 4) is 0 Å². The molecule has 1 aliphatic heterocycles. The Morgan fingerprint density at radius 1 is 0.926 bits per heavy atom. The highest BCUT2D eigenvalue weighted by Gasteiger charge is 2.41. The number of pyridine rings is 1. The molecule has 5 nitrogen and oxygen atoms in total. The van der Waals surface area contributed by atoms with Gasteiger partial charge in [0, 0.05) is 11.2 Å². The maximum Gasteiger partial charge on any atom is 0.270 e. The minimum absolute atomic E-state index is 0.0230. The van der Waals surface area contributed by atoms with E-state index < -0.39 is 15.8 Å². The van der Waals surface area contributed by atoms with Crippen molar-refractivity contribution in [2.24, 2.45) is 0 Å². The Balaban J connectivity index is 1.92. The summed E-state index contributed by atoms with van der Waals surface area (Å²) in [6, 6.07) is 17.9. The molecule has 27 heavy (non-hydrogen) atoms. The van der Waals surface area contributed by atoms with Crippen LogP contribution in [0.3, 0.4) is 0 Å². The Kier molecular flexibility index (Phi) is 4.30. The van der Waals surface area contributed by atoms with Crippen LogP contribution in [-0.2, 0) is 10.0 Å². The first-order valence-electron chi connectivity index (χ1n) is 8.06. The normalized spacial score (nSPS) is 15.2. The SMILES string of the molecule is O=C1/C(=C\c2ccc(Cl)cc2)N(S(=O)(=O)c2ccccc2)c2ncccc21. The van der Waals surface area contributed by atoms with Gasteiger partial charge in [-0.25, -0.2) is 17.7 Å². The Hall–Kier alpha value is -2.96. The first kappa shape index (κ1) is 17.5. The number of hydrogen-bond acceptors (Lipinski definition) is 4. The van der Waals surface area contributed by atoms with E-state index in [9.17, 15) is 13.2 Å². The number of anilines is 1. The largest absolute Gasteiger partial charge is 0.287 e. The first-order chi connectivity index (χ1) is 13.0. The Labute approximate surface area is 161 Å². The number of aromatic nitrogens is 1. The van der Waals surface area contributed by atoms with Crippen LogP contribution in [0.5, 0.6) is 0 Å². The number of sulfonamides is 1. The van der Waals surface area contributed by atoms with Crippen LogP contribution in [0.25, 0.3) is 6.08 Å². The van der Waals surface area contributed by atoms with Gasteiger partial charge in [-0.05, 0) is 48.0 Å². The van der Waals surface area contributed by atoms with E-state index in [2.05, 4.69) is 4.98 Å². The van der Waals surface area contributed by atoms with Crippen LogP contribution in [0.4, 0.5) is 5.82 Å². The van der Waals surface area contributed by atoms with Crippen LogP contribution in [0.2, 0.25) is 5.02 Å². The van der Waals surface area contributed by atoms with Gasteiger partial charge in [-0.2, -0.15) is 0 Å².